The molecule has 0 aliphatic carbocycles. The second-order valence-electron chi connectivity index (χ2n) is 4.42. The third-order valence-electron chi connectivity index (χ3n) is 2.78. The van der Waals surface area contributed by atoms with Gasteiger partial charge in [0.25, 0.3) is 0 Å². The smallest absolute Gasteiger partial charge is 0.190 e. The summed E-state index contributed by atoms with van der Waals surface area (Å²) < 4.78 is 36.1. The number of fused-ring (bicyclic) bond motifs is 1. The van der Waals surface area contributed by atoms with E-state index in [1.165, 1.54) is 5.39 Å². The Bertz CT molecular complexity index is 726. The Morgan fingerprint density at radius 3 is 2.14 bits per heavy atom. The molecule has 0 aliphatic heterocycles. The van der Waals surface area contributed by atoms with E-state index in [1.807, 2.05) is 30.3 Å². The summed E-state index contributed by atoms with van der Waals surface area (Å²) in [6.07, 6.45) is 4.10. The third kappa shape index (κ3) is 5.72. The molecule has 0 N–H and O–H groups in total. The van der Waals surface area contributed by atoms with Crippen molar-refractivity contribution in [2.24, 2.45) is 0 Å². The highest BCUT2D eigenvalue weighted by Gasteiger charge is 2.03. The minimum atomic E-state index is -4.94. The van der Waals surface area contributed by atoms with Crippen LogP contribution in [0, 0.1) is 10.2 Å². The van der Waals surface area contributed by atoms with Crippen molar-refractivity contribution in [2.45, 2.75) is 6.54 Å². The second kappa shape index (κ2) is 7.26. The molecular weight excluding hydrogens is 308 g/mol. The molecule has 0 radical (unpaired) electrons. The molecule has 0 spiro atoms. The van der Waals surface area contributed by atoms with E-state index in [4.69, 9.17) is 18.6 Å². The monoisotopic (exact) mass is 320 g/mol. The molecule has 0 fully saturated rings. The van der Waals surface area contributed by atoms with E-state index in [1.54, 1.807) is 0 Å². The highest BCUT2D eigenvalue weighted by atomic mass is 35.7. The van der Waals surface area contributed by atoms with Gasteiger partial charge in [-0.25, -0.2) is 23.6 Å². The van der Waals surface area contributed by atoms with Crippen molar-refractivity contribution in [1.29, 1.82) is 0 Å². The van der Waals surface area contributed by atoms with Gasteiger partial charge in [0.05, 0.1) is 5.52 Å². The Balaban J connectivity index is 0.000000309. The van der Waals surface area contributed by atoms with Crippen LogP contribution in [0.3, 0.4) is 0 Å². The topological polar surface area (TPSA) is 109 Å². The van der Waals surface area contributed by atoms with E-state index in [0.29, 0.717) is 0 Å². The molecule has 0 amide bonds. The minimum Gasteiger partial charge on any atom is -0.246 e. The standard InChI is InChI=1S/C15H13N2.ClHO4/c1-4-10-17(11-5-1)12-14-9-8-13-6-2-3-7-15(13)16-14;2-1(3,4)5/h1-11H,12H2;(H,2,3,4,5)/q+1;/p-1. The Hall–Kier alpha value is -2.09. The van der Waals surface area contributed by atoms with Gasteiger partial charge in [0.2, 0.25) is 0 Å². The molecule has 3 rings (SSSR count). The first-order valence-corrected chi connectivity index (χ1v) is 7.56. The number of rotatable bonds is 2. The van der Waals surface area contributed by atoms with Crippen LogP contribution in [0.25, 0.3) is 10.9 Å². The number of para-hydroxylation sites is 1. The van der Waals surface area contributed by atoms with Crippen LogP contribution in [-0.4, -0.2) is 4.98 Å². The van der Waals surface area contributed by atoms with E-state index in [9.17, 15) is 0 Å². The van der Waals surface area contributed by atoms with Gasteiger partial charge in [-0.3, -0.25) is 0 Å². The fourth-order valence-electron chi connectivity index (χ4n) is 1.92. The lowest BCUT2D eigenvalue weighted by molar-refractivity contribution is -2.00. The van der Waals surface area contributed by atoms with Gasteiger partial charge in [-0.15, -0.1) is 10.2 Å². The van der Waals surface area contributed by atoms with E-state index < -0.39 is 10.2 Å². The van der Waals surface area contributed by atoms with Gasteiger partial charge >= 0.3 is 0 Å². The summed E-state index contributed by atoms with van der Waals surface area (Å²) in [7, 11) is -4.94. The van der Waals surface area contributed by atoms with Gasteiger partial charge in [0.15, 0.2) is 18.9 Å². The number of pyridine rings is 2. The van der Waals surface area contributed by atoms with Crippen molar-refractivity contribution in [2.75, 3.05) is 0 Å². The molecule has 0 saturated carbocycles. The Morgan fingerprint density at radius 1 is 0.818 bits per heavy atom. The van der Waals surface area contributed by atoms with Crippen LogP contribution in [0.4, 0.5) is 0 Å². The molecular formula is C15H13ClN2O4. The van der Waals surface area contributed by atoms with E-state index >= 15 is 0 Å². The summed E-state index contributed by atoms with van der Waals surface area (Å²) in [5, 5.41) is 1.19. The summed E-state index contributed by atoms with van der Waals surface area (Å²) in [6, 6.07) is 18.5. The molecule has 7 heteroatoms. The number of hydrogen-bond donors (Lipinski definition) is 0. The molecule has 22 heavy (non-hydrogen) atoms. The molecule has 0 aliphatic rings. The maximum atomic E-state index is 8.49. The molecule has 0 saturated heterocycles. The van der Waals surface area contributed by atoms with Crippen LogP contribution in [0.2, 0.25) is 0 Å². The van der Waals surface area contributed by atoms with Crippen LogP contribution in [-0.2, 0) is 6.54 Å². The Labute approximate surface area is 129 Å². The van der Waals surface area contributed by atoms with Crippen LogP contribution in [0.1, 0.15) is 5.69 Å². The minimum absolute atomic E-state index is 0.811. The summed E-state index contributed by atoms with van der Waals surface area (Å²) in [5.74, 6) is 0. The zero-order valence-corrected chi connectivity index (χ0v) is 12.2. The molecule has 0 atom stereocenters. The Morgan fingerprint density at radius 2 is 1.45 bits per heavy atom. The number of nitrogens with zero attached hydrogens (tertiary/aromatic N) is 2. The lowest BCUT2D eigenvalue weighted by Gasteiger charge is -2.17. The predicted molar refractivity (Wildman–Crippen MR) is 67.5 cm³/mol. The Kier molecular flexibility index (Phi) is 5.37. The number of aromatic nitrogens is 2. The first-order chi connectivity index (χ1) is 10.4. The highest BCUT2D eigenvalue weighted by molar-refractivity contribution is 5.78. The van der Waals surface area contributed by atoms with Crippen molar-refractivity contribution >= 4 is 10.9 Å². The first kappa shape index (κ1) is 16.3. The lowest BCUT2D eigenvalue weighted by atomic mass is 10.2. The largest absolute Gasteiger partial charge is 0.246 e. The first-order valence-electron chi connectivity index (χ1n) is 6.32. The highest BCUT2D eigenvalue weighted by Crippen LogP contribution is 2.11. The second-order valence-corrected chi connectivity index (χ2v) is 5.18. The van der Waals surface area contributed by atoms with Crippen molar-refractivity contribution in [3.8, 4) is 0 Å². The molecule has 0 unspecified atom stereocenters. The maximum absolute atomic E-state index is 8.49. The average molecular weight is 321 g/mol. The number of benzene rings is 1. The zero-order chi connectivity index (χ0) is 16.0. The van der Waals surface area contributed by atoms with Crippen molar-refractivity contribution in [1.82, 2.24) is 4.98 Å². The molecule has 2 heterocycles. The molecule has 114 valence electrons. The molecule has 0 bridgehead atoms. The average Bonchev–Trinajstić information content (AvgIpc) is 2.46. The van der Waals surface area contributed by atoms with Crippen molar-refractivity contribution in [3.05, 3.63) is 72.7 Å². The van der Waals surface area contributed by atoms with E-state index in [0.717, 1.165) is 17.8 Å². The van der Waals surface area contributed by atoms with Gasteiger partial charge in [0, 0.05) is 17.5 Å². The molecule has 2 aromatic heterocycles. The van der Waals surface area contributed by atoms with Crippen LogP contribution < -0.4 is 23.2 Å². The number of hydrogen-bond acceptors (Lipinski definition) is 5. The third-order valence-corrected chi connectivity index (χ3v) is 2.78. The summed E-state index contributed by atoms with van der Waals surface area (Å²) in [4.78, 5) is 4.65. The summed E-state index contributed by atoms with van der Waals surface area (Å²) >= 11 is 0. The molecule has 1 aromatic carbocycles. The van der Waals surface area contributed by atoms with Gasteiger partial charge in [-0.1, -0.05) is 30.3 Å². The van der Waals surface area contributed by atoms with Crippen LogP contribution in [0.5, 0.6) is 0 Å². The lowest BCUT2D eigenvalue weighted by Crippen LogP contribution is -2.68. The normalized spacial score (nSPS) is 10.9. The van der Waals surface area contributed by atoms with E-state index in [2.05, 4.69) is 46.2 Å². The van der Waals surface area contributed by atoms with Crippen molar-refractivity contribution < 1.29 is 33.4 Å². The fourth-order valence-corrected chi connectivity index (χ4v) is 1.92. The van der Waals surface area contributed by atoms with Gasteiger partial charge in [0.1, 0.15) is 5.69 Å². The molecule has 3 aromatic rings. The maximum Gasteiger partial charge on any atom is 0.190 e. The molecule has 6 nitrogen and oxygen atoms in total. The SMILES string of the molecule is [O-][Cl+3]([O-])([O-])[O-].c1cc[n+](Cc2ccc3ccccc3n2)cc1. The van der Waals surface area contributed by atoms with Crippen LogP contribution in [0.15, 0.2) is 67.0 Å². The number of halogens is 1. The summed E-state index contributed by atoms with van der Waals surface area (Å²) in [5.41, 5.74) is 2.14. The van der Waals surface area contributed by atoms with Gasteiger partial charge in [-0.2, -0.15) is 4.57 Å². The van der Waals surface area contributed by atoms with Gasteiger partial charge in [-0.05, 0) is 12.1 Å². The predicted octanol–water partition coefficient (Wildman–Crippen LogP) is -2.19. The fraction of sp³-hybridized carbons (Fsp3) is 0.0667. The van der Waals surface area contributed by atoms with Crippen molar-refractivity contribution in [3.63, 3.8) is 0 Å². The quantitative estimate of drug-likeness (QED) is 0.498. The van der Waals surface area contributed by atoms with Crippen LogP contribution >= 0.6 is 0 Å². The summed E-state index contributed by atoms with van der Waals surface area (Å²) in [6.45, 7) is 0.811. The van der Waals surface area contributed by atoms with Gasteiger partial charge < -0.3 is 0 Å². The zero-order valence-electron chi connectivity index (χ0n) is 11.5. The van der Waals surface area contributed by atoms with E-state index in [-0.39, 0.29) is 0 Å².